The second-order valence-corrected chi connectivity index (χ2v) is 8.72. The van der Waals surface area contributed by atoms with Crippen LogP contribution >= 0.6 is 0 Å². The van der Waals surface area contributed by atoms with E-state index in [0.717, 1.165) is 29.5 Å². The highest BCUT2D eigenvalue weighted by molar-refractivity contribution is 5.80. The van der Waals surface area contributed by atoms with E-state index in [2.05, 4.69) is 29.6 Å². The van der Waals surface area contributed by atoms with Crippen LogP contribution in [-0.4, -0.2) is 43.0 Å². The molecule has 0 saturated heterocycles. The van der Waals surface area contributed by atoms with Gasteiger partial charge in [0, 0.05) is 25.0 Å². The Kier molecular flexibility index (Phi) is 9.46. The third kappa shape index (κ3) is 7.41. The minimum Gasteiger partial charge on any atom is -0.466 e. The van der Waals surface area contributed by atoms with Crippen LogP contribution in [0.5, 0.6) is 0 Å². The maximum atomic E-state index is 13.0. The van der Waals surface area contributed by atoms with Crippen LogP contribution in [0.25, 0.3) is 11.1 Å². The summed E-state index contributed by atoms with van der Waals surface area (Å²) in [5.74, 6) is -0.390. The van der Waals surface area contributed by atoms with E-state index in [1.807, 2.05) is 30.3 Å². The molecule has 2 N–H and O–H groups in total. The summed E-state index contributed by atoms with van der Waals surface area (Å²) >= 11 is 0. The first-order valence-electron chi connectivity index (χ1n) is 11.8. The van der Waals surface area contributed by atoms with Crippen molar-refractivity contribution >= 4 is 11.9 Å². The lowest BCUT2D eigenvalue weighted by molar-refractivity contribution is -0.144. The van der Waals surface area contributed by atoms with Gasteiger partial charge in [0.05, 0.1) is 13.0 Å². The average molecular weight is 454 g/mol. The fraction of sp³-hybridized carbons (Fsp3) is 0.481. The molecule has 2 aromatic carbocycles. The number of aliphatic hydroxyl groups is 1. The quantitative estimate of drug-likeness (QED) is 0.418. The highest BCUT2D eigenvalue weighted by Gasteiger charge is 2.31. The van der Waals surface area contributed by atoms with E-state index in [-0.39, 0.29) is 36.2 Å². The normalized spacial score (nSPS) is 20.0. The number of methoxy groups -OCH3 is 1. The van der Waals surface area contributed by atoms with Crippen molar-refractivity contribution in [2.75, 3.05) is 13.7 Å². The Morgan fingerprint density at radius 3 is 2.24 bits per heavy atom. The van der Waals surface area contributed by atoms with Crippen molar-refractivity contribution in [3.63, 3.8) is 0 Å². The van der Waals surface area contributed by atoms with Crippen LogP contribution in [0, 0.1) is 11.8 Å². The molecule has 1 aliphatic rings. The van der Waals surface area contributed by atoms with Crippen LogP contribution in [0.2, 0.25) is 0 Å². The van der Waals surface area contributed by atoms with Crippen LogP contribution in [0.15, 0.2) is 54.6 Å². The third-order valence-electron chi connectivity index (χ3n) is 6.40. The number of aliphatic hydroxyl groups excluding tert-OH is 1. The van der Waals surface area contributed by atoms with Gasteiger partial charge >= 0.3 is 5.97 Å². The molecule has 2 aromatic rings. The molecule has 6 nitrogen and oxygen atoms in total. The van der Waals surface area contributed by atoms with Crippen molar-refractivity contribution < 1.29 is 24.2 Å². The summed E-state index contributed by atoms with van der Waals surface area (Å²) in [6.45, 7) is 2.10. The SMILES string of the molecule is CCOC(=O)C[C@@H](Cc1ccc(-c2ccccc2)cc1)NC(=O)[C@H]1CC[C@@H](C(O)OC)CC1. The lowest BCUT2D eigenvalue weighted by Gasteiger charge is -2.31. The number of esters is 1. The zero-order chi connectivity index (χ0) is 23.6. The molecule has 6 heteroatoms. The Bertz CT molecular complexity index is 875. The van der Waals surface area contributed by atoms with E-state index < -0.39 is 6.29 Å². The largest absolute Gasteiger partial charge is 0.466 e. The number of benzene rings is 2. The van der Waals surface area contributed by atoms with Crippen molar-refractivity contribution in [1.29, 1.82) is 0 Å². The Morgan fingerprint density at radius 2 is 1.64 bits per heavy atom. The summed E-state index contributed by atoms with van der Waals surface area (Å²) in [6, 6.07) is 18.0. The molecular weight excluding hydrogens is 418 g/mol. The molecule has 0 aliphatic heterocycles. The zero-order valence-corrected chi connectivity index (χ0v) is 19.5. The number of carbonyl (C=O) groups excluding carboxylic acids is 2. The molecule has 1 aliphatic carbocycles. The standard InChI is InChI=1S/C27H35NO5/c1-3-33-25(29)18-24(28-26(30)22-13-15-23(16-14-22)27(31)32-2)17-19-9-11-21(12-10-19)20-7-5-4-6-8-20/h4-12,22-24,27,31H,3,13-18H2,1-2H3,(H,28,30)/t22-,23+,24-,27?/m1/s1. The fourth-order valence-electron chi connectivity index (χ4n) is 4.52. The maximum absolute atomic E-state index is 13.0. The predicted octanol–water partition coefficient (Wildman–Crippen LogP) is 4.11. The topological polar surface area (TPSA) is 84.9 Å². The van der Waals surface area contributed by atoms with Crippen molar-refractivity contribution in [3.8, 4) is 11.1 Å². The number of amides is 1. The molecule has 0 heterocycles. The molecule has 1 saturated carbocycles. The summed E-state index contributed by atoms with van der Waals surface area (Å²) in [7, 11) is 1.50. The Morgan fingerprint density at radius 1 is 1.00 bits per heavy atom. The van der Waals surface area contributed by atoms with Crippen LogP contribution in [0.3, 0.4) is 0 Å². The predicted molar refractivity (Wildman–Crippen MR) is 127 cm³/mol. The van der Waals surface area contributed by atoms with Crippen molar-refractivity contribution in [2.24, 2.45) is 11.8 Å². The number of rotatable bonds is 10. The van der Waals surface area contributed by atoms with Crippen molar-refractivity contribution in [1.82, 2.24) is 5.32 Å². The van der Waals surface area contributed by atoms with Gasteiger partial charge in [-0.15, -0.1) is 0 Å². The zero-order valence-electron chi connectivity index (χ0n) is 19.5. The average Bonchev–Trinajstić information content (AvgIpc) is 2.84. The van der Waals surface area contributed by atoms with Gasteiger partial charge in [-0.05, 0) is 55.7 Å². The van der Waals surface area contributed by atoms with E-state index in [0.29, 0.717) is 25.9 Å². The molecule has 0 aromatic heterocycles. The second-order valence-electron chi connectivity index (χ2n) is 8.72. The maximum Gasteiger partial charge on any atom is 0.307 e. The van der Waals surface area contributed by atoms with E-state index in [1.165, 1.54) is 7.11 Å². The lowest BCUT2D eigenvalue weighted by atomic mass is 9.81. The molecule has 1 amide bonds. The molecule has 2 atom stereocenters. The molecule has 0 spiro atoms. The van der Waals surface area contributed by atoms with Gasteiger partial charge < -0.3 is 19.9 Å². The minimum absolute atomic E-state index is 0.0319. The third-order valence-corrected chi connectivity index (χ3v) is 6.40. The summed E-state index contributed by atoms with van der Waals surface area (Å²) < 4.78 is 10.2. The van der Waals surface area contributed by atoms with Gasteiger partial charge in [0.25, 0.3) is 0 Å². The monoisotopic (exact) mass is 453 g/mol. The van der Waals surface area contributed by atoms with Gasteiger partial charge in [0.15, 0.2) is 6.29 Å². The van der Waals surface area contributed by atoms with E-state index in [4.69, 9.17) is 9.47 Å². The summed E-state index contributed by atoms with van der Waals surface area (Å²) in [4.78, 5) is 25.1. The molecule has 3 rings (SSSR count). The highest BCUT2D eigenvalue weighted by atomic mass is 16.6. The Hall–Kier alpha value is -2.70. The van der Waals surface area contributed by atoms with Gasteiger partial charge in [0.1, 0.15) is 0 Å². The molecule has 0 radical (unpaired) electrons. The van der Waals surface area contributed by atoms with Crippen molar-refractivity contribution in [3.05, 3.63) is 60.2 Å². The van der Waals surface area contributed by atoms with Gasteiger partial charge in [-0.3, -0.25) is 9.59 Å². The molecule has 1 unspecified atom stereocenters. The molecule has 33 heavy (non-hydrogen) atoms. The number of ether oxygens (including phenoxy) is 2. The van der Waals surface area contributed by atoms with E-state index in [1.54, 1.807) is 6.92 Å². The van der Waals surface area contributed by atoms with E-state index >= 15 is 0 Å². The second kappa shape index (κ2) is 12.5. The van der Waals surface area contributed by atoms with Gasteiger partial charge in [-0.2, -0.15) is 0 Å². The summed E-state index contributed by atoms with van der Waals surface area (Å²) in [6.07, 6.45) is 2.82. The molecule has 1 fully saturated rings. The molecular formula is C27H35NO5. The lowest BCUT2D eigenvalue weighted by Crippen LogP contribution is -2.43. The number of hydrogen-bond acceptors (Lipinski definition) is 5. The summed E-state index contributed by atoms with van der Waals surface area (Å²) in [5, 5.41) is 13.0. The van der Waals surface area contributed by atoms with Crippen LogP contribution < -0.4 is 5.32 Å². The summed E-state index contributed by atoms with van der Waals surface area (Å²) in [5.41, 5.74) is 3.33. The van der Waals surface area contributed by atoms with Gasteiger partial charge in [-0.1, -0.05) is 54.6 Å². The van der Waals surface area contributed by atoms with Crippen LogP contribution in [0.4, 0.5) is 0 Å². The first-order valence-corrected chi connectivity index (χ1v) is 11.8. The number of carbonyl (C=O) groups is 2. The fourth-order valence-corrected chi connectivity index (χ4v) is 4.52. The van der Waals surface area contributed by atoms with E-state index in [9.17, 15) is 14.7 Å². The number of nitrogens with one attached hydrogen (secondary N) is 1. The van der Waals surface area contributed by atoms with Crippen molar-refractivity contribution in [2.45, 2.75) is 57.8 Å². The first kappa shape index (κ1) is 24.9. The minimum atomic E-state index is -0.774. The smallest absolute Gasteiger partial charge is 0.307 e. The molecule has 0 bridgehead atoms. The Labute approximate surface area is 196 Å². The van der Waals surface area contributed by atoms with Crippen LogP contribution in [0.1, 0.15) is 44.6 Å². The highest BCUT2D eigenvalue weighted by Crippen LogP contribution is 2.31. The van der Waals surface area contributed by atoms with Crippen LogP contribution in [-0.2, 0) is 25.5 Å². The molecule has 178 valence electrons. The van der Waals surface area contributed by atoms with Gasteiger partial charge in [0.2, 0.25) is 5.91 Å². The number of hydrogen-bond donors (Lipinski definition) is 2. The van der Waals surface area contributed by atoms with Gasteiger partial charge in [-0.25, -0.2) is 0 Å². The Balaban J connectivity index is 1.62. The first-order chi connectivity index (χ1) is 16.0.